The van der Waals surface area contributed by atoms with Gasteiger partial charge in [0.1, 0.15) is 24.0 Å². The van der Waals surface area contributed by atoms with Gasteiger partial charge in [0.05, 0.1) is 0 Å². The first-order valence-corrected chi connectivity index (χ1v) is 8.99. The number of carbonyl (C=O) groups is 3. The second kappa shape index (κ2) is 9.25. The molecule has 8 heteroatoms. The molecule has 0 heterocycles. The molecular formula is C20H26N2O6. The van der Waals surface area contributed by atoms with Crippen LogP contribution in [-0.2, 0) is 25.6 Å². The lowest BCUT2D eigenvalue weighted by Crippen LogP contribution is -2.49. The summed E-state index contributed by atoms with van der Waals surface area (Å²) in [6, 6.07) is 9.22. The Bertz CT molecular complexity index is 720. The van der Waals surface area contributed by atoms with Crippen molar-refractivity contribution in [1.82, 2.24) is 10.6 Å². The summed E-state index contributed by atoms with van der Waals surface area (Å²) in [5.74, 6) is -0.735. The molecule has 0 aromatic heterocycles. The lowest BCUT2D eigenvalue weighted by Gasteiger charge is -2.34. The highest BCUT2D eigenvalue weighted by Gasteiger charge is 2.34. The second-order valence-electron chi connectivity index (χ2n) is 7.51. The fourth-order valence-corrected chi connectivity index (χ4v) is 2.41. The SMILES string of the molecule is C=C(NC(=O)OC(C)(C)C)C(=O)OC1CC(NC(=O)OCc2ccccc2)C1. The molecular weight excluding hydrogens is 364 g/mol. The molecule has 1 aromatic carbocycles. The van der Waals surface area contributed by atoms with Gasteiger partial charge in [-0.1, -0.05) is 36.9 Å². The molecule has 1 aliphatic rings. The van der Waals surface area contributed by atoms with Crippen LogP contribution in [0.4, 0.5) is 9.59 Å². The number of alkyl carbamates (subject to hydrolysis) is 2. The van der Waals surface area contributed by atoms with Crippen molar-refractivity contribution in [1.29, 1.82) is 0 Å². The van der Waals surface area contributed by atoms with Gasteiger partial charge in [-0.15, -0.1) is 0 Å². The molecule has 152 valence electrons. The second-order valence-corrected chi connectivity index (χ2v) is 7.51. The highest BCUT2D eigenvalue weighted by Crippen LogP contribution is 2.24. The van der Waals surface area contributed by atoms with Crippen molar-refractivity contribution < 1.29 is 28.6 Å². The maximum Gasteiger partial charge on any atom is 0.412 e. The van der Waals surface area contributed by atoms with E-state index in [-0.39, 0.29) is 24.4 Å². The largest absolute Gasteiger partial charge is 0.458 e. The van der Waals surface area contributed by atoms with Crippen molar-refractivity contribution in [2.75, 3.05) is 0 Å². The highest BCUT2D eigenvalue weighted by molar-refractivity contribution is 5.91. The van der Waals surface area contributed by atoms with Gasteiger partial charge in [0, 0.05) is 18.9 Å². The monoisotopic (exact) mass is 390 g/mol. The molecule has 1 saturated carbocycles. The third-order valence-corrected chi connectivity index (χ3v) is 3.80. The number of benzene rings is 1. The maximum absolute atomic E-state index is 11.9. The Balaban J connectivity index is 1.62. The van der Waals surface area contributed by atoms with Crippen LogP contribution in [-0.4, -0.2) is 35.9 Å². The van der Waals surface area contributed by atoms with Gasteiger partial charge < -0.3 is 19.5 Å². The Labute approximate surface area is 164 Å². The number of ether oxygens (including phenoxy) is 3. The van der Waals surface area contributed by atoms with Crippen molar-refractivity contribution in [3.63, 3.8) is 0 Å². The van der Waals surface area contributed by atoms with Crippen LogP contribution in [0, 0.1) is 0 Å². The number of nitrogens with one attached hydrogen (secondary N) is 2. The predicted octanol–water partition coefficient (Wildman–Crippen LogP) is 3.03. The van der Waals surface area contributed by atoms with Crippen LogP contribution in [0.25, 0.3) is 0 Å². The number of esters is 1. The Morgan fingerprint density at radius 3 is 2.36 bits per heavy atom. The molecule has 8 nitrogen and oxygen atoms in total. The zero-order valence-corrected chi connectivity index (χ0v) is 16.3. The summed E-state index contributed by atoms with van der Waals surface area (Å²) >= 11 is 0. The standard InChI is InChI=1S/C20H26N2O6/c1-13(21-19(25)28-20(2,3)4)17(23)27-16-10-15(11-16)22-18(24)26-12-14-8-6-5-7-9-14/h5-9,15-16H,1,10-12H2,2-4H3,(H,21,25)(H,22,24). The van der Waals surface area contributed by atoms with E-state index in [2.05, 4.69) is 17.2 Å². The van der Waals surface area contributed by atoms with Crippen LogP contribution in [0.3, 0.4) is 0 Å². The molecule has 0 aliphatic heterocycles. The number of hydrogen-bond acceptors (Lipinski definition) is 6. The minimum Gasteiger partial charge on any atom is -0.458 e. The smallest absolute Gasteiger partial charge is 0.412 e. The lowest BCUT2D eigenvalue weighted by atomic mass is 9.89. The van der Waals surface area contributed by atoms with Gasteiger partial charge in [-0.25, -0.2) is 14.4 Å². The van der Waals surface area contributed by atoms with Crippen LogP contribution in [0.2, 0.25) is 0 Å². The maximum atomic E-state index is 11.9. The molecule has 0 atom stereocenters. The third-order valence-electron chi connectivity index (χ3n) is 3.80. The van der Waals surface area contributed by atoms with Gasteiger partial charge in [-0.3, -0.25) is 5.32 Å². The predicted molar refractivity (Wildman–Crippen MR) is 101 cm³/mol. The Hall–Kier alpha value is -3.03. The molecule has 1 aliphatic carbocycles. The summed E-state index contributed by atoms with van der Waals surface area (Å²) in [7, 11) is 0. The number of rotatable bonds is 6. The van der Waals surface area contributed by atoms with Gasteiger partial charge in [0.2, 0.25) is 0 Å². The topological polar surface area (TPSA) is 103 Å². The van der Waals surface area contributed by atoms with E-state index in [0.717, 1.165) is 5.56 Å². The molecule has 0 spiro atoms. The van der Waals surface area contributed by atoms with Gasteiger partial charge in [0.25, 0.3) is 0 Å². The van der Waals surface area contributed by atoms with E-state index in [0.29, 0.717) is 12.8 Å². The molecule has 2 amide bonds. The molecule has 1 aromatic rings. The van der Waals surface area contributed by atoms with Crippen LogP contribution in [0.5, 0.6) is 0 Å². The molecule has 2 rings (SSSR count). The molecule has 0 radical (unpaired) electrons. The van der Waals surface area contributed by atoms with Crippen molar-refractivity contribution >= 4 is 18.2 Å². The van der Waals surface area contributed by atoms with Crippen molar-refractivity contribution in [2.24, 2.45) is 0 Å². The summed E-state index contributed by atoms with van der Waals surface area (Å²) in [5, 5.41) is 4.96. The van der Waals surface area contributed by atoms with E-state index in [1.165, 1.54) is 0 Å². The first-order chi connectivity index (χ1) is 13.1. The van der Waals surface area contributed by atoms with Gasteiger partial charge in [-0.2, -0.15) is 0 Å². The summed E-state index contributed by atoms with van der Waals surface area (Å²) < 4.78 is 15.4. The first kappa shape index (κ1) is 21.3. The fourth-order valence-electron chi connectivity index (χ4n) is 2.41. The molecule has 0 unspecified atom stereocenters. The molecule has 28 heavy (non-hydrogen) atoms. The average Bonchev–Trinajstić information content (AvgIpc) is 2.57. The zero-order valence-electron chi connectivity index (χ0n) is 16.3. The summed E-state index contributed by atoms with van der Waals surface area (Å²) in [6.07, 6.45) is -0.722. The van der Waals surface area contributed by atoms with Crippen molar-refractivity contribution in [3.8, 4) is 0 Å². The summed E-state index contributed by atoms with van der Waals surface area (Å²) in [6.45, 7) is 8.79. The summed E-state index contributed by atoms with van der Waals surface area (Å²) in [5.41, 5.74) is 0.0120. The highest BCUT2D eigenvalue weighted by atomic mass is 16.6. The number of hydrogen-bond donors (Lipinski definition) is 2. The van der Waals surface area contributed by atoms with Gasteiger partial charge in [-0.05, 0) is 26.3 Å². The van der Waals surface area contributed by atoms with Crippen LogP contribution < -0.4 is 10.6 Å². The summed E-state index contributed by atoms with van der Waals surface area (Å²) in [4.78, 5) is 35.3. The van der Waals surface area contributed by atoms with Gasteiger partial charge in [0.15, 0.2) is 0 Å². The van der Waals surface area contributed by atoms with E-state index in [1.54, 1.807) is 20.8 Å². The quantitative estimate of drug-likeness (QED) is 0.440. The van der Waals surface area contributed by atoms with E-state index in [1.807, 2.05) is 30.3 Å². The average molecular weight is 390 g/mol. The third kappa shape index (κ3) is 7.30. The normalized spacial score (nSPS) is 18.2. The Morgan fingerprint density at radius 1 is 1.11 bits per heavy atom. The molecule has 2 N–H and O–H groups in total. The molecule has 0 saturated heterocycles. The van der Waals surface area contributed by atoms with E-state index < -0.39 is 23.8 Å². The van der Waals surface area contributed by atoms with Crippen molar-refractivity contribution in [3.05, 3.63) is 48.2 Å². The minimum absolute atomic E-state index is 0.131. The lowest BCUT2D eigenvalue weighted by molar-refractivity contribution is -0.149. The first-order valence-electron chi connectivity index (χ1n) is 8.99. The van der Waals surface area contributed by atoms with E-state index in [9.17, 15) is 14.4 Å². The Kier molecular flexibility index (Phi) is 7.03. The number of carbonyl (C=O) groups excluding carboxylic acids is 3. The Morgan fingerprint density at radius 2 is 1.75 bits per heavy atom. The van der Waals surface area contributed by atoms with Crippen LogP contribution in [0.1, 0.15) is 39.2 Å². The van der Waals surface area contributed by atoms with E-state index >= 15 is 0 Å². The number of amides is 2. The molecule has 0 bridgehead atoms. The van der Waals surface area contributed by atoms with E-state index in [4.69, 9.17) is 14.2 Å². The fraction of sp³-hybridized carbons (Fsp3) is 0.450. The molecule has 1 fully saturated rings. The van der Waals surface area contributed by atoms with Gasteiger partial charge >= 0.3 is 18.2 Å². The zero-order chi connectivity index (χ0) is 20.7. The van der Waals surface area contributed by atoms with Crippen LogP contribution >= 0.6 is 0 Å². The van der Waals surface area contributed by atoms with Crippen molar-refractivity contribution in [2.45, 2.75) is 58.0 Å². The minimum atomic E-state index is -0.774. The van der Waals surface area contributed by atoms with Crippen LogP contribution in [0.15, 0.2) is 42.6 Å².